The molecule has 0 radical (unpaired) electrons. The first kappa shape index (κ1) is 9.45. The van der Waals surface area contributed by atoms with Gasteiger partial charge in [-0.1, -0.05) is 12.1 Å². The zero-order valence-electron chi connectivity index (χ0n) is 7.47. The highest BCUT2D eigenvalue weighted by molar-refractivity contribution is 6.14. The zero-order valence-corrected chi connectivity index (χ0v) is 7.47. The molecule has 0 fully saturated rings. The van der Waals surface area contributed by atoms with Crippen molar-refractivity contribution < 1.29 is 23.8 Å². The van der Waals surface area contributed by atoms with Gasteiger partial charge in [0.05, 0.1) is 5.69 Å². The van der Waals surface area contributed by atoms with Crippen LogP contribution in [0.3, 0.4) is 0 Å². The molecule has 78 valence electrons. The van der Waals surface area contributed by atoms with Gasteiger partial charge in [-0.25, -0.2) is 14.6 Å². The van der Waals surface area contributed by atoms with Gasteiger partial charge in [0.25, 0.3) is 5.91 Å². The Morgan fingerprint density at radius 1 is 1.47 bits per heavy atom. The lowest BCUT2D eigenvalue weighted by Gasteiger charge is -2.25. The van der Waals surface area contributed by atoms with E-state index in [-0.39, 0.29) is 12.3 Å². The van der Waals surface area contributed by atoms with Crippen LogP contribution in [0.4, 0.5) is 15.0 Å². The number of nitrogens with zero attached hydrogens (tertiary/aromatic N) is 1. The molecule has 0 saturated carbocycles. The topological polar surface area (TPSA) is 55.8 Å². The number of fused-ring (bicyclic) bond motifs is 1. The standard InChI is InChI=1S/C9H6FNO4/c10-15-9(13)11-6-3-1-2-4-7(6)14-5-8(11)12/h1-4H,5H2. The Morgan fingerprint density at radius 2 is 2.20 bits per heavy atom. The number of imide groups is 1. The van der Waals surface area contributed by atoms with E-state index in [0.717, 1.165) is 0 Å². The summed E-state index contributed by atoms with van der Waals surface area (Å²) in [6.45, 7) is -0.313. The molecule has 1 heterocycles. The zero-order chi connectivity index (χ0) is 10.8. The van der Waals surface area contributed by atoms with Gasteiger partial charge in [0.15, 0.2) is 6.61 Å². The summed E-state index contributed by atoms with van der Waals surface area (Å²) in [5.74, 6) is -0.334. The van der Waals surface area contributed by atoms with Crippen LogP contribution in [0.25, 0.3) is 0 Å². The van der Waals surface area contributed by atoms with Crippen molar-refractivity contribution in [1.82, 2.24) is 0 Å². The molecule has 15 heavy (non-hydrogen) atoms. The van der Waals surface area contributed by atoms with Crippen molar-refractivity contribution in [2.75, 3.05) is 11.5 Å². The number of halogens is 1. The van der Waals surface area contributed by atoms with Gasteiger partial charge >= 0.3 is 6.09 Å². The van der Waals surface area contributed by atoms with E-state index in [1.54, 1.807) is 18.2 Å². The van der Waals surface area contributed by atoms with Crippen molar-refractivity contribution >= 4 is 17.7 Å². The average Bonchev–Trinajstić information content (AvgIpc) is 2.28. The van der Waals surface area contributed by atoms with Crippen molar-refractivity contribution in [3.63, 3.8) is 0 Å². The first-order valence-electron chi connectivity index (χ1n) is 4.11. The Labute approximate surface area is 83.9 Å². The van der Waals surface area contributed by atoms with E-state index < -0.39 is 12.0 Å². The van der Waals surface area contributed by atoms with Crippen molar-refractivity contribution in [2.24, 2.45) is 0 Å². The van der Waals surface area contributed by atoms with Crippen LogP contribution >= 0.6 is 0 Å². The normalized spacial score (nSPS) is 14.2. The van der Waals surface area contributed by atoms with Gasteiger partial charge in [-0.15, -0.1) is 0 Å². The Balaban J connectivity index is 2.46. The number of ether oxygens (including phenoxy) is 1. The van der Waals surface area contributed by atoms with E-state index in [1.165, 1.54) is 6.07 Å². The molecule has 1 aromatic rings. The van der Waals surface area contributed by atoms with Crippen molar-refractivity contribution in [1.29, 1.82) is 0 Å². The largest absolute Gasteiger partial charge is 0.482 e. The number of carbonyl (C=O) groups is 2. The summed E-state index contributed by atoms with van der Waals surface area (Å²) in [4.78, 5) is 25.9. The molecule has 0 atom stereocenters. The van der Waals surface area contributed by atoms with E-state index in [9.17, 15) is 14.1 Å². The summed E-state index contributed by atoms with van der Waals surface area (Å²) in [6.07, 6.45) is -1.37. The monoisotopic (exact) mass is 211 g/mol. The van der Waals surface area contributed by atoms with Gasteiger partial charge < -0.3 is 4.74 Å². The van der Waals surface area contributed by atoms with Gasteiger partial charge in [-0.05, 0) is 12.1 Å². The van der Waals surface area contributed by atoms with Gasteiger partial charge in [0, 0.05) is 4.53 Å². The maximum absolute atomic E-state index is 11.8. The molecule has 1 aliphatic rings. The van der Waals surface area contributed by atoms with Crippen LogP contribution in [0.15, 0.2) is 24.3 Å². The molecule has 0 unspecified atom stereocenters. The lowest BCUT2D eigenvalue weighted by molar-refractivity contribution is -0.122. The fraction of sp³-hybridized carbons (Fsp3) is 0.111. The second-order valence-corrected chi connectivity index (χ2v) is 2.83. The number of hydrogen-bond acceptors (Lipinski definition) is 4. The van der Waals surface area contributed by atoms with E-state index >= 15 is 0 Å². The SMILES string of the molecule is O=C1COc2ccccc2N1C(=O)OF. The molecule has 0 spiro atoms. The van der Waals surface area contributed by atoms with Crippen molar-refractivity contribution in [3.05, 3.63) is 24.3 Å². The molecule has 0 saturated heterocycles. The lowest BCUT2D eigenvalue weighted by Crippen LogP contribution is -2.42. The smallest absolute Gasteiger partial charge is 0.458 e. The summed E-state index contributed by atoms with van der Waals surface area (Å²) >= 11 is 0. The second kappa shape index (κ2) is 3.56. The molecule has 2 amide bonds. The highest BCUT2D eigenvalue weighted by Gasteiger charge is 2.32. The van der Waals surface area contributed by atoms with Crippen molar-refractivity contribution in [2.45, 2.75) is 0 Å². The molecule has 0 bridgehead atoms. The van der Waals surface area contributed by atoms with Crippen molar-refractivity contribution in [3.8, 4) is 5.75 Å². The number of hydrogen-bond donors (Lipinski definition) is 0. The van der Waals surface area contributed by atoms with E-state index in [0.29, 0.717) is 10.6 Å². The summed E-state index contributed by atoms with van der Waals surface area (Å²) in [7, 11) is 0. The number of carbonyl (C=O) groups excluding carboxylic acids is 2. The number of rotatable bonds is 0. The van der Waals surface area contributed by atoms with E-state index in [2.05, 4.69) is 4.94 Å². The van der Waals surface area contributed by atoms with Crippen LogP contribution in [-0.2, 0) is 9.74 Å². The van der Waals surface area contributed by atoms with Gasteiger partial charge in [-0.3, -0.25) is 4.79 Å². The second-order valence-electron chi connectivity index (χ2n) is 2.83. The molecule has 5 nitrogen and oxygen atoms in total. The van der Waals surface area contributed by atoms with Crippen LogP contribution in [-0.4, -0.2) is 18.6 Å². The predicted molar refractivity (Wildman–Crippen MR) is 47.0 cm³/mol. The highest BCUT2D eigenvalue weighted by Crippen LogP contribution is 2.31. The quantitative estimate of drug-likeness (QED) is 0.651. The third kappa shape index (κ3) is 1.50. The number of para-hydroxylation sites is 2. The highest BCUT2D eigenvalue weighted by atomic mass is 19.3. The van der Waals surface area contributed by atoms with Gasteiger partial charge in [0.1, 0.15) is 5.75 Å². The molecule has 0 aromatic heterocycles. The Kier molecular flexibility index (Phi) is 2.24. The minimum absolute atomic E-state index is 0.177. The lowest BCUT2D eigenvalue weighted by atomic mass is 10.2. The first-order valence-corrected chi connectivity index (χ1v) is 4.11. The molecular weight excluding hydrogens is 205 g/mol. The molecule has 1 aromatic carbocycles. The van der Waals surface area contributed by atoms with E-state index in [1.807, 2.05) is 0 Å². The van der Waals surface area contributed by atoms with Crippen LogP contribution in [0, 0.1) is 0 Å². The predicted octanol–water partition coefficient (Wildman–Crippen LogP) is 1.43. The van der Waals surface area contributed by atoms with Crippen LogP contribution in [0.2, 0.25) is 0 Å². The molecule has 0 aliphatic carbocycles. The third-order valence-electron chi connectivity index (χ3n) is 1.96. The Morgan fingerprint density at radius 3 is 2.93 bits per heavy atom. The van der Waals surface area contributed by atoms with Crippen LogP contribution in [0.1, 0.15) is 0 Å². The van der Waals surface area contributed by atoms with Crippen LogP contribution < -0.4 is 9.64 Å². The molecular formula is C9H6FNO4. The molecule has 1 aliphatic heterocycles. The average molecular weight is 211 g/mol. The summed E-state index contributed by atoms with van der Waals surface area (Å²) in [5.41, 5.74) is 0.177. The summed E-state index contributed by atoms with van der Waals surface area (Å²) < 4.78 is 16.8. The fourth-order valence-electron chi connectivity index (χ4n) is 1.34. The Hall–Kier alpha value is -2.11. The molecule has 6 heteroatoms. The number of anilines is 1. The van der Waals surface area contributed by atoms with E-state index in [4.69, 9.17) is 4.74 Å². The van der Waals surface area contributed by atoms with Crippen LogP contribution in [0.5, 0.6) is 5.75 Å². The summed E-state index contributed by atoms with van der Waals surface area (Å²) in [5, 5.41) is 0. The number of benzene rings is 1. The van der Waals surface area contributed by atoms with Gasteiger partial charge in [-0.2, -0.15) is 0 Å². The molecule has 2 rings (SSSR count). The molecule has 0 N–H and O–H groups in total. The maximum atomic E-state index is 11.8. The third-order valence-corrected chi connectivity index (χ3v) is 1.96. The minimum atomic E-state index is -1.37. The number of amides is 2. The first-order chi connectivity index (χ1) is 7.24. The summed E-state index contributed by atoms with van der Waals surface area (Å²) in [6, 6.07) is 6.30. The Bertz CT molecular complexity index is 420. The maximum Gasteiger partial charge on any atom is 0.458 e. The fourth-order valence-corrected chi connectivity index (χ4v) is 1.34. The minimum Gasteiger partial charge on any atom is -0.482 e. The van der Waals surface area contributed by atoms with Gasteiger partial charge in [0.2, 0.25) is 0 Å².